The first kappa shape index (κ1) is 13.7. The highest BCUT2D eigenvalue weighted by Crippen LogP contribution is 2.33. The van der Waals surface area contributed by atoms with E-state index in [4.69, 9.17) is 4.42 Å². The third-order valence-corrected chi connectivity index (χ3v) is 4.15. The summed E-state index contributed by atoms with van der Waals surface area (Å²) in [6, 6.07) is 1.06. The molecule has 1 aromatic heterocycles. The average Bonchev–Trinajstić information content (AvgIpc) is 2.98. The molecule has 0 unspecified atom stereocenters. The molecule has 1 aromatic rings. The SMILES string of the molecule is Cc1ccoc1C(=O)NN1C(=O)NC2(CCCCC2)C1=O. The molecule has 2 heterocycles. The number of carbonyl (C=O) groups is 3. The summed E-state index contributed by atoms with van der Waals surface area (Å²) < 4.78 is 5.06. The van der Waals surface area contributed by atoms with Gasteiger partial charge in [-0.15, -0.1) is 0 Å². The summed E-state index contributed by atoms with van der Waals surface area (Å²) in [7, 11) is 0. The van der Waals surface area contributed by atoms with Gasteiger partial charge in [-0.2, -0.15) is 5.01 Å². The Morgan fingerprint density at radius 2 is 2.05 bits per heavy atom. The minimum absolute atomic E-state index is 0.0974. The van der Waals surface area contributed by atoms with E-state index in [9.17, 15) is 14.4 Å². The normalized spacial score (nSPS) is 20.7. The Hall–Kier alpha value is -2.31. The standard InChI is InChI=1S/C14H17N3O4/c1-9-5-8-21-10(9)11(18)16-17-12(19)14(15-13(17)20)6-3-2-4-7-14/h5,8H,2-4,6-7H2,1H3,(H,15,20)(H,16,18). The molecule has 1 saturated carbocycles. The van der Waals surface area contributed by atoms with Gasteiger partial charge in [-0.05, 0) is 25.8 Å². The number of imide groups is 1. The minimum Gasteiger partial charge on any atom is -0.459 e. The first-order chi connectivity index (χ1) is 10.0. The molecule has 1 aliphatic heterocycles. The van der Waals surface area contributed by atoms with Gasteiger partial charge >= 0.3 is 11.9 Å². The summed E-state index contributed by atoms with van der Waals surface area (Å²) in [6.45, 7) is 1.72. The molecule has 1 aliphatic carbocycles. The van der Waals surface area contributed by atoms with Crippen LogP contribution in [0.1, 0.15) is 48.2 Å². The first-order valence-electron chi connectivity index (χ1n) is 7.05. The van der Waals surface area contributed by atoms with Crippen molar-refractivity contribution < 1.29 is 18.8 Å². The molecule has 112 valence electrons. The number of nitrogens with zero attached hydrogens (tertiary/aromatic N) is 1. The van der Waals surface area contributed by atoms with Crippen molar-refractivity contribution >= 4 is 17.8 Å². The summed E-state index contributed by atoms with van der Waals surface area (Å²) in [5.74, 6) is -0.890. The highest BCUT2D eigenvalue weighted by Gasteiger charge is 2.52. The van der Waals surface area contributed by atoms with E-state index in [1.165, 1.54) is 6.26 Å². The van der Waals surface area contributed by atoms with E-state index >= 15 is 0 Å². The van der Waals surface area contributed by atoms with Crippen LogP contribution in [0, 0.1) is 6.92 Å². The number of hydrazine groups is 1. The van der Waals surface area contributed by atoms with Crippen LogP contribution in [-0.2, 0) is 4.79 Å². The van der Waals surface area contributed by atoms with Crippen LogP contribution in [0.2, 0.25) is 0 Å². The van der Waals surface area contributed by atoms with Crippen LogP contribution < -0.4 is 10.7 Å². The van der Waals surface area contributed by atoms with Gasteiger partial charge in [0.1, 0.15) is 5.54 Å². The van der Waals surface area contributed by atoms with Crippen molar-refractivity contribution in [3.63, 3.8) is 0 Å². The van der Waals surface area contributed by atoms with Gasteiger partial charge in [-0.3, -0.25) is 9.59 Å². The smallest absolute Gasteiger partial charge is 0.344 e. The maximum Gasteiger partial charge on any atom is 0.344 e. The second-order valence-corrected chi connectivity index (χ2v) is 5.59. The lowest BCUT2D eigenvalue weighted by Gasteiger charge is -2.30. The summed E-state index contributed by atoms with van der Waals surface area (Å²) in [5.41, 5.74) is 2.13. The molecule has 7 nitrogen and oxygen atoms in total. The lowest BCUT2D eigenvalue weighted by atomic mass is 9.82. The van der Waals surface area contributed by atoms with E-state index in [0.29, 0.717) is 18.4 Å². The lowest BCUT2D eigenvalue weighted by Crippen LogP contribution is -2.51. The molecule has 3 rings (SSSR count). The third kappa shape index (κ3) is 2.18. The van der Waals surface area contributed by atoms with E-state index in [1.807, 2.05) is 0 Å². The van der Waals surface area contributed by atoms with E-state index in [1.54, 1.807) is 13.0 Å². The fraction of sp³-hybridized carbons (Fsp3) is 0.500. The number of rotatable bonds is 2. The minimum atomic E-state index is -0.846. The maximum absolute atomic E-state index is 12.5. The molecule has 7 heteroatoms. The van der Waals surface area contributed by atoms with Crippen LogP contribution >= 0.6 is 0 Å². The van der Waals surface area contributed by atoms with Crippen molar-refractivity contribution in [1.29, 1.82) is 0 Å². The van der Waals surface area contributed by atoms with E-state index in [-0.39, 0.29) is 11.7 Å². The molecule has 1 saturated heterocycles. The number of amides is 4. The molecule has 4 amide bonds. The monoisotopic (exact) mass is 291 g/mol. The van der Waals surface area contributed by atoms with Crippen LogP contribution in [0.25, 0.3) is 0 Å². The van der Waals surface area contributed by atoms with Crippen molar-refractivity contribution in [3.05, 3.63) is 23.7 Å². The highest BCUT2D eigenvalue weighted by molar-refractivity contribution is 6.09. The number of nitrogens with one attached hydrogen (secondary N) is 2. The Labute approximate surface area is 121 Å². The fourth-order valence-corrected chi connectivity index (χ4v) is 2.97. The van der Waals surface area contributed by atoms with E-state index in [0.717, 1.165) is 24.3 Å². The first-order valence-corrected chi connectivity index (χ1v) is 7.05. The predicted octanol–water partition coefficient (Wildman–Crippen LogP) is 1.49. The van der Waals surface area contributed by atoms with Gasteiger partial charge in [-0.1, -0.05) is 19.3 Å². The summed E-state index contributed by atoms with van der Waals surface area (Å²) in [4.78, 5) is 36.5. The van der Waals surface area contributed by atoms with Gasteiger partial charge < -0.3 is 9.73 Å². The Morgan fingerprint density at radius 1 is 1.33 bits per heavy atom. The van der Waals surface area contributed by atoms with Gasteiger partial charge in [0.25, 0.3) is 5.91 Å². The Morgan fingerprint density at radius 3 is 2.67 bits per heavy atom. The number of hydrogen-bond acceptors (Lipinski definition) is 4. The second kappa shape index (κ2) is 4.91. The van der Waals surface area contributed by atoms with Crippen LogP contribution in [0.5, 0.6) is 0 Å². The molecule has 0 radical (unpaired) electrons. The molecule has 21 heavy (non-hydrogen) atoms. The maximum atomic E-state index is 12.5. The Balaban J connectivity index is 1.77. The van der Waals surface area contributed by atoms with E-state index in [2.05, 4.69) is 10.7 Å². The summed E-state index contributed by atoms with van der Waals surface area (Å²) in [6.07, 6.45) is 5.46. The average molecular weight is 291 g/mol. The van der Waals surface area contributed by atoms with Crippen LogP contribution in [0.3, 0.4) is 0 Å². The Kier molecular flexibility index (Phi) is 3.19. The number of furan rings is 1. The van der Waals surface area contributed by atoms with Crippen molar-refractivity contribution in [1.82, 2.24) is 15.8 Å². The van der Waals surface area contributed by atoms with Crippen molar-refractivity contribution in [2.75, 3.05) is 0 Å². The number of hydrogen-bond donors (Lipinski definition) is 2. The van der Waals surface area contributed by atoms with Crippen LogP contribution in [0.15, 0.2) is 16.7 Å². The van der Waals surface area contributed by atoms with Gasteiger partial charge in [0.05, 0.1) is 6.26 Å². The topological polar surface area (TPSA) is 91.7 Å². The molecule has 0 aromatic carbocycles. The molecule has 2 fully saturated rings. The molecular weight excluding hydrogens is 274 g/mol. The van der Waals surface area contributed by atoms with Gasteiger partial charge in [0, 0.05) is 5.56 Å². The van der Waals surface area contributed by atoms with Crippen LogP contribution in [-0.4, -0.2) is 28.4 Å². The van der Waals surface area contributed by atoms with Crippen molar-refractivity contribution in [3.8, 4) is 0 Å². The van der Waals surface area contributed by atoms with Crippen LogP contribution in [0.4, 0.5) is 4.79 Å². The van der Waals surface area contributed by atoms with Crippen molar-refractivity contribution in [2.24, 2.45) is 0 Å². The second-order valence-electron chi connectivity index (χ2n) is 5.59. The number of aryl methyl sites for hydroxylation is 1. The zero-order chi connectivity index (χ0) is 15.0. The number of urea groups is 1. The van der Waals surface area contributed by atoms with E-state index < -0.39 is 17.5 Å². The molecule has 0 atom stereocenters. The summed E-state index contributed by atoms with van der Waals surface area (Å²) in [5, 5.41) is 3.50. The third-order valence-electron chi connectivity index (χ3n) is 4.15. The molecule has 1 spiro atoms. The van der Waals surface area contributed by atoms with Gasteiger partial charge in [0.15, 0.2) is 5.76 Å². The Bertz CT molecular complexity index is 601. The zero-order valence-electron chi connectivity index (χ0n) is 11.8. The quantitative estimate of drug-likeness (QED) is 0.807. The highest BCUT2D eigenvalue weighted by atomic mass is 16.3. The predicted molar refractivity (Wildman–Crippen MR) is 72.1 cm³/mol. The lowest BCUT2D eigenvalue weighted by molar-refractivity contribution is -0.134. The van der Waals surface area contributed by atoms with Crippen molar-refractivity contribution in [2.45, 2.75) is 44.6 Å². The molecular formula is C14H17N3O4. The molecule has 2 N–H and O–H groups in total. The zero-order valence-corrected chi connectivity index (χ0v) is 11.8. The van der Waals surface area contributed by atoms with Gasteiger partial charge in [0.2, 0.25) is 0 Å². The fourth-order valence-electron chi connectivity index (χ4n) is 2.97. The van der Waals surface area contributed by atoms with Gasteiger partial charge in [-0.25, -0.2) is 10.2 Å². The summed E-state index contributed by atoms with van der Waals surface area (Å²) >= 11 is 0. The largest absolute Gasteiger partial charge is 0.459 e. The number of carbonyl (C=O) groups excluding carboxylic acids is 3. The molecule has 0 bridgehead atoms. The molecule has 2 aliphatic rings.